The van der Waals surface area contributed by atoms with E-state index in [1.54, 1.807) is 11.5 Å². The third kappa shape index (κ3) is 5.48. The van der Waals surface area contributed by atoms with E-state index in [1.165, 1.54) is 0 Å². The molecule has 1 aromatic heterocycles. The van der Waals surface area contributed by atoms with Crippen molar-refractivity contribution in [1.82, 2.24) is 9.27 Å². The molecule has 0 unspecified atom stereocenters. The predicted molar refractivity (Wildman–Crippen MR) is 126 cm³/mol. The fraction of sp³-hybridized carbons (Fsp3) is 0.792. The summed E-state index contributed by atoms with van der Waals surface area (Å²) in [6.45, 7) is 15.1. The zero-order valence-electron chi connectivity index (χ0n) is 20.4. The highest BCUT2D eigenvalue weighted by molar-refractivity contribution is 7.04. The number of carbonyl (C=O) groups excluding carboxylic acids is 2. The van der Waals surface area contributed by atoms with Gasteiger partial charge in [-0.1, -0.05) is 34.1 Å². The number of unbranched alkanes of at least 4 members (excludes halogenated alkanes) is 1. The molecule has 0 aromatic carbocycles. The molecule has 31 heavy (non-hydrogen) atoms. The highest BCUT2D eigenvalue weighted by atomic mass is 32.1. The van der Waals surface area contributed by atoms with Crippen molar-refractivity contribution in [3.05, 3.63) is 16.4 Å². The molecule has 7 heteroatoms. The van der Waals surface area contributed by atoms with Crippen LogP contribution in [0.4, 0.5) is 0 Å². The number of hydrogen-bond acceptors (Lipinski definition) is 4. The van der Waals surface area contributed by atoms with Crippen molar-refractivity contribution in [1.29, 1.82) is 0 Å². The molecule has 1 fully saturated rings. The van der Waals surface area contributed by atoms with Gasteiger partial charge in [0.05, 0.1) is 5.41 Å². The first-order valence-corrected chi connectivity index (χ1v) is 12.4. The topological polar surface area (TPSA) is 83.7 Å². The second-order valence-corrected chi connectivity index (χ2v) is 11.5. The zero-order chi connectivity index (χ0) is 23.4. The quantitative estimate of drug-likeness (QED) is 0.586. The molecule has 2 atom stereocenters. The lowest BCUT2D eigenvalue weighted by Crippen LogP contribution is -2.45. The summed E-state index contributed by atoms with van der Waals surface area (Å²) in [5.41, 5.74) is -0.119. The van der Waals surface area contributed by atoms with Gasteiger partial charge >= 0.3 is 0 Å². The Balaban J connectivity index is 2.34. The third-order valence-electron chi connectivity index (χ3n) is 7.05. The SMILES string of the molecule is CCCCc1cn(C(C)(C)C)s/c1=N\C(=O)[C@]1(C)CC[C@H](C(=O)NCCCO)C1(C)C. The van der Waals surface area contributed by atoms with Crippen molar-refractivity contribution >= 4 is 23.3 Å². The average Bonchev–Trinajstić information content (AvgIpc) is 3.19. The molecule has 1 aliphatic carbocycles. The number of hydrogen-bond donors (Lipinski definition) is 2. The van der Waals surface area contributed by atoms with Crippen LogP contribution >= 0.6 is 11.5 Å². The first-order chi connectivity index (χ1) is 14.4. The van der Waals surface area contributed by atoms with Gasteiger partial charge in [0.15, 0.2) is 0 Å². The molecule has 1 aromatic rings. The zero-order valence-corrected chi connectivity index (χ0v) is 21.2. The molecule has 2 rings (SSSR count). The monoisotopic (exact) mass is 451 g/mol. The Bertz CT molecular complexity index is 847. The molecular formula is C24H41N3O3S. The van der Waals surface area contributed by atoms with Crippen molar-refractivity contribution < 1.29 is 14.7 Å². The normalized spacial score (nSPS) is 23.9. The van der Waals surface area contributed by atoms with E-state index in [9.17, 15) is 9.59 Å². The van der Waals surface area contributed by atoms with Crippen molar-refractivity contribution in [2.45, 2.75) is 92.5 Å². The van der Waals surface area contributed by atoms with Crippen LogP contribution in [-0.2, 0) is 21.5 Å². The molecule has 1 heterocycles. The van der Waals surface area contributed by atoms with Crippen LogP contribution < -0.4 is 9.99 Å². The van der Waals surface area contributed by atoms with Crippen LogP contribution in [0.15, 0.2) is 11.2 Å². The summed E-state index contributed by atoms with van der Waals surface area (Å²) in [6, 6.07) is 0. The molecule has 0 saturated heterocycles. The van der Waals surface area contributed by atoms with Gasteiger partial charge in [-0.05, 0) is 69.8 Å². The first-order valence-electron chi connectivity index (χ1n) is 11.6. The van der Waals surface area contributed by atoms with Gasteiger partial charge in [-0.3, -0.25) is 13.5 Å². The van der Waals surface area contributed by atoms with Gasteiger partial charge in [0, 0.05) is 36.4 Å². The van der Waals surface area contributed by atoms with Gasteiger partial charge in [-0.15, -0.1) is 0 Å². The summed E-state index contributed by atoms with van der Waals surface area (Å²) < 4.78 is 2.99. The Morgan fingerprint density at radius 2 is 1.97 bits per heavy atom. The summed E-state index contributed by atoms with van der Waals surface area (Å²) in [4.78, 5) is 30.9. The molecular weight excluding hydrogens is 410 g/mol. The first kappa shape index (κ1) is 25.8. The highest BCUT2D eigenvalue weighted by Crippen LogP contribution is 2.56. The Morgan fingerprint density at radius 3 is 2.55 bits per heavy atom. The second-order valence-electron chi connectivity index (χ2n) is 10.6. The van der Waals surface area contributed by atoms with E-state index in [1.807, 2.05) is 20.8 Å². The molecule has 0 spiro atoms. The van der Waals surface area contributed by atoms with Crippen LogP contribution in [0.2, 0.25) is 0 Å². The van der Waals surface area contributed by atoms with Crippen LogP contribution in [0, 0.1) is 16.7 Å². The van der Waals surface area contributed by atoms with Crippen LogP contribution in [-0.4, -0.2) is 34.0 Å². The lowest BCUT2D eigenvalue weighted by Gasteiger charge is -2.38. The molecule has 0 radical (unpaired) electrons. The summed E-state index contributed by atoms with van der Waals surface area (Å²) >= 11 is 1.55. The Morgan fingerprint density at radius 1 is 1.29 bits per heavy atom. The minimum Gasteiger partial charge on any atom is -0.396 e. The van der Waals surface area contributed by atoms with Crippen LogP contribution in [0.1, 0.15) is 86.1 Å². The van der Waals surface area contributed by atoms with Crippen LogP contribution in [0.25, 0.3) is 0 Å². The number of aliphatic hydroxyl groups is 1. The van der Waals surface area contributed by atoms with E-state index in [-0.39, 0.29) is 29.9 Å². The third-order valence-corrected chi connectivity index (χ3v) is 8.42. The fourth-order valence-corrected chi connectivity index (χ4v) is 5.34. The van der Waals surface area contributed by atoms with Gasteiger partial charge in [0.25, 0.3) is 5.91 Å². The van der Waals surface area contributed by atoms with E-state index >= 15 is 0 Å². The van der Waals surface area contributed by atoms with Gasteiger partial charge in [0.2, 0.25) is 5.91 Å². The molecule has 0 aliphatic heterocycles. The van der Waals surface area contributed by atoms with Crippen molar-refractivity contribution in [3.63, 3.8) is 0 Å². The largest absolute Gasteiger partial charge is 0.396 e. The van der Waals surface area contributed by atoms with E-state index in [0.717, 1.165) is 29.5 Å². The minimum atomic E-state index is -0.690. The fourth-order valence-electron chi connectivity index (χ4n) is 4.31. The molecule has 0 bridgehead atoms. The van der Waals surface area contributed by atoms with Crippen LogP contribution in [0.3, 0.4) is 0 Å². The number of nitrogens with one attached hydrogen (secondary N) is 1. The molecule has 6 nitrogen and oxygen atoms in total. The van der Waals surface area contributed by atoms with Gasteiger partial charge in [-0.25, -0.2) is 4.99 Å². The Kier molecular flexibility index (Phi) is 8.31. The van der Waals surface area contributed by atoms with E-state index in [2.05, 4.69) is 48.2 Å². The summed E-state index contributed by atoms with van der Waals surface area (Å²) in [7, 11) is 0. The lowest BCUT2D eigenvalue weighted by atomic mass is 9.65. The number of aromatic nitrogens is 1. The van der Waals surface area contributed by atoms with Gasteiger partial charge in [-0.2, -0.15) is 0 Å². The van der Waals surface area contributed by atoms with Gasteiger partial charge in [0.1, 0.15) is 4.67 Å². The second kappa shape index (κ2) is 9.99. The van der Waals surface area contributed by atoms with E-state index < -0.39 is 10.8 Å². The van der Waals surface area contributed by atoms with E-state index in [0.29, 0.717) is 25.8 Å². The van der Waals surface area contributed by atoms with Crippen molar-refractivity contribution in [2.24, 2.45) is 21.7 Å². The minimum absolute atomic E-state index is 0.0275. The maximum Gasteiger partial charge on any atom is 0.253 e. The summed E-state index contributed by atoms with van der Waals surface area (Å²) in [5.74, 6) is -0.387. The standard InChI is InChI=1S/C24H41N3O3S/c1-8-9-11-17-16-27(22(2,3)4)31-20(17)26-21(30)24(7)13-12-18(23(24,5)6)19(29)25-14-10-15-28/h16,18,28H,8-15H2,1-7H3,(H,25,29)/b26-20-/t18-,24+/m1/s1. The number of nitrogens with zero attached hydrogens (tertiary/aromatic N) is 2. The Hall–Kier alpha value is -1.47. The number of aryl methyl sites for hydroxylation is 1. The van der Waals surface area contributed by atoms with Gasteiger partial charge < -0.3 is 10.4 Å². The lowest BCUT2D eigenvalue weighted by molar-refractivity contribution is -0.136. The van der Waals surface area contributed by atoms with Crippen molar-refractivity contribution in [3.8, 4) is 0 Å². The Labute approximate surface area is 191 Å². The van der Waals surface area contributed by atoms with Crippen LogP contribution in [0.5, 0.6) is 0 Å². The maximum atomic E-state index is 13.5. The maximum absolute atomic E-state index is 13.5. The molecule has 1 aliphatic rings. The predicted octanol–water partition coefficient (Wildman–Crippen LogP) is 4.02. The van der Waals surface area contributed by atoms with Crippen molar-refractivity contribution in [2.75, 3.05) is 13.2 Å². The number of carbonyl (C=O) groups is 2. The average molecular weight is 452 g/mol. The summed E-state index contributed by atoms with van der Waals surface area (Å²) in [5, 5.41) is 11.9. The number of amides is 2. The van der Waals surface area contributed by atoms with E-state index in [4.69, 9.17) is 5.11 Å². The molecule has 1 saturated carbocycles. The number of aliphatic hydroxyl groups excluding tert-OH is 1. The highest BCUT2D eigenvalue weighted by Gasteiger charge is 2.58. The molecule has 176 valence electrons. The molecule has 2 N–H and O–H groups in total. The number of rotatable bonds is 8. The summed E-state index contributed by atoms with van der Waals surface area (Å²) in [6.07, 6.45) is 7.08. The smallest absolute Gasteiger partial charge is 0.253 e. The molecule has 2 amide bonds.